The number of aryl methyl sites for hydroxylation is 2. The van der Waals surface area contributed by atoms with E-state index in [2.05, 4.69) is 25.3 Å². The molecule has 0 spiro atoms. The Morgan fingerprint density at radius 3 is 2.61 bits per heavy atom. The number of rotatable bonds is 3. The molecular weight excluding hydrogens is 292 g/mol. The third-order valence-corrected chi connectivity index (χ3v) is 3.94. The average molecular weight is 312 g/mol. The maximum Gasteiger partial charge on any atom is 0.278 e. The van der Waals surface area contributed by atoms with Crippen LogP contribution >= 0.6 is 0 Å². The lowest BCUT2D eigenvalue weighted by Crippen LogP contribution is -2.19. The number of nitrogens with one attached hydrogen (secondary N) is 1. The van der Waals surface area contributed by atoms with E-state index in [9.17, 15) is 4.79 Å². The van der Waals surface area contributed by atoms with Crippen molar-refractivity contribution in [2.75, 3.05) is 24.3 Å². The minimum atomic E-state index is -0.349. The SMILES string of the molecule is Cc1nc(NC(=O)c2cnc(N(C)C)cn2)nc2c1CCCC2. The quantitative estimate of drug-likeness (QED) is 0.930. The second kappa shape index (κ2) is 6.28. The van der Waals surface area contributed by atoms with Crippen LogP contribution in [0, 0.1) is 6.92 Å². The van der Waals surface area contributed by atoms with E-state index in [0.29, 0.717) is 11.8 Å². The summed E-state index contributed by atoms with van der Waals surface area (Å²) in [5, 5.41) is 2.72. The summed E-state index contributed by atoms with van der Waals surface area (Å²) >= 11 is 0. The molecule has 2 aromatic rings. The van der Waals surface area contributed by atoms with Crippen molar-refractivity contribution in [1.29, 1.82) is 0 Å². The maximum atomic E-state index is 12.3. The third-order valence-electron chi connectivity index (χ3n) is 3.94. The van der Waals surface area contributed by atoms with Gasteiger partial charge in [-0.05, 0) is 38.2 Å². The summed E-state index contributed by atoms with van der Waals surface area (Å²) in [4.78, 5) is 31.3. The molecule has 1 amide bonds. The standard InChI is InChI=1S/C16H20N6O/c1-10-11-6-4-5-7-12(11)20-16(19-10)21-15(23)13-8-18-14(9-17-13)22(2)3/h8-9H,4-7H2,1-3H3,(H,19,20,21,23). The fourth-order valence-electron chi connectivity index (χ4n) is 2.67. The van der Waals surface area contributed by atoms with E-state index in [1.165, 1.54) is 18.2 Å². The van der Waals surface area contributed by atoms with Gasteiger partial charge in [-0.25, -0.2) is 19.9 Å². The Labute approximate surface area is 135 Å². The predicted octanol–water partition coefficient (Wildman–Crippen LogP) is 1.77. The first-order valence-electron chi connectivity index (χ1n) is 7.71. The minimum absolute atomic E-state index is 0.245. The molecule has 0 unspecified atom stereocenters. The highest BCUT2D eigenvalue weighted by molar-refractivity contribution is 6.01. The van der Waals surface area contributed by atoms with Gasteiger partial charge < -0.3 is 4.90 Å². The number of anilines is 2. The molecule has 2 aromatic heterocycles. The Morgan fingerprint density at radius 2 is 1.91 bits per heavy atom. The molecule has 0 atom stereocenters. The van der Waals surface area contributed by atoms with Crippen LogP contribution in [0.25, 0.3) is 0 Å². The van der Waals surface area contributed by atoms with Crippen LogP contribution in [0.15, 0.2) is 12.4 Å². The van der Waals surface area contributed by atoms with Crippen molar-refractivity contribution in [3.8, 4) is 0 Å². The number of hydrogen-bond donors (Lipinski definition) is 1. The molecule has 0 radical (unpaired) electrons. The molecule has 2 heterocycles. The molecule has 0 saturated carbocycles. The molecule has 1 N–H and O–H groups in total. The number of aromatic nitrogens is 4. The van der Waals surface area contributed by atoms with Crippen LogP contribution in [0.2, 0.25) is 0 Å². The summed E-state index contributed by atoms with van der Waals surface area (Å²) in [7, 11) is 3.74. The van der Waals surface area contributed by atoms with Crippen molar-refractivity contribution in [1.82, 2.24) is 19.9 Å². The Hall–Kier alpha value is -2.57. The molecule has 23 heavy (non-hydrogen) atoms. The number of carbonyl (C=O) groups excluding carboxylic acids is 1. The van der Waals surface area contributed by atoms with Crippen molar-refractivity contribution in [3.05, 3.63) is 35.0 Å². The van der Waals surface area contributed by atoms with E-state index < -0.39 is 0 Å². The van der Waals surface area contributed by atoms with Gasteiger partial charge in [-0.1, -0.05) is 0 Å². The van der Waals surface area contributed by atoms with Crippen LogP contribution in [0.4, 0.5) is 11.8 Å². The maximum absolute atomic E-state index is 12.3. The molecule has 0 aromatic carbocycles. The lowest BCUT2D eigenvalue weighted by molar-refractivity contribution is 0.102. The molecule has 0 saturated heterocycles. The number of hydrogen-bond acceptors (Lipinski definition) is 6. The third kappa shape index (κ3) is 3.28. The molecule has 0 fully saturated rings. The highest BCUT2D eigenvalue weighted by Gasteiger charge is 2.17. The van der Waals surface area contributed by atoms with Crippen LogP contribution in [0.5, 0.6) is 0 Å². The highest BCUT2D eigenvalue weighted by atomic mass is 16.2. The number of nitrogens with zero attached hydrogens (tertiary/aromatic N) is 5. The van der Waals surface area contributed by atoms with E-state index in [-0.39, 0.29) is 11.6 Å². The summed E-state index contributed by atoms with van der Waals surface area (Å²) < 4.78 is 0. The molecule has 1 aliphatic rings. The molecule has 3 rings (SSSR count). The second-order valence-corrected chi connectivity index (χ2v) is 5.87. The molecule has 7 nitrogen and oxygen atoms in total. The van der Waals surface area contributed by atoms with Gasteiger partial charge in [0.15, 0.2) is 0 Å². The summed E-state index contributed by atoms with van der Waals surface area (Å²) in [6, 6.07) is 0. The van der Waals surface area contributed by atoms with Gasteiger partial charge in [0.05, 0.1) is 12.4 Å². The van der Waals surface area contributed by atoms with Crippen molar-refractivity contribution in [2.24, 2.45) is 0 Å². The van der Waals surface area contributed by atoms with Gasteiger partial charge in [0.1, 0.15) is 11.5 Å². The molecular formula is C16H20N6O. The van der Waals surface area contributed by atoms with Crippen LogP contribution in [-0.4, -0.2) is 39.9 Å². The summed E-state index contributed by atoms with van der Waals surface area (Å²) in [6.45, 7) is 1.97. The molecule has 1 aliphatic carbocycles. The van der Waals surface area contributed by atoms with Crippen molar-refractivity contribution >= 4 is 17.7 Å². The smallest absolute Gasteiger partial charge is 0.278 e. The molecule has 0 bridgehead atoms. The van der Waals surface area contributed by atoms with Crippen LogP contribution < -0.4 is 10.2 Å². The average Bonchev–Trinajstić information content (AvgIpc) is 2.55. The molecule has 120 valence electrons. The Bertz CT molecular complexity index is 726. The zero-order valence-electron chi connectivity index (χ0n) is 13.6. The summed E-state index contributed by atoms with van der Waals surface area (Å²) in [5.41, 5.74) is 3.46. The monoisotopic (exact) mass is 312 g/mol. The van der Waals surface area contributed by atoms with Gasteiger partial charge in [-0.3, -0.25) is 10.1 Å². The Balaban J connectivity index is 1.78. The highest BCUT2D eigenvalue weighted by Crippen LogP contribution is 2.22. The second-order valence-electron chi connectivity index (χ2n) is 5.87. The van der Waals surface area contributed by atoms with E-state index in [4.69, 9.17) is 0 Å². The van der Waals surface area contributed by atoms with Gasteiger partial charge in [0.25, 0.3) is 5.91 Å². The number of amides is 1. The van der Waals surface area contributed by atoms with Gasteiger partial charge in [-0.2, -0.15) is 0 Å². The number of fused-ring (bicyclic) bond motifs is 1. The van der Waals surface area contributed by atoms with Crippen molar-refractivity contribution in [2.45, 2.75) is 32.6 Å². The normalized spacial score (nSPS) is 13.3. The van der Waals surface area contributed by atoms with Crippen molar-refractivity contribution < 1.29 is 4.79 Å². The minimum Gasteiger partial charge on any atom is -0.361 e. The van der Waals surface area contributed by atoms with E-state index in [1.807, 2.05) is 25.9 Å². The van der Waals surface area contributed by atoms with Crippen LogP contribution in [-0.2, 0) is 12.8 Å². The largest absolute Gasteiger partial charge is 0.361 e. The van der Waals surface area contributed by atoms with Gasteiger partial charge in [-0.15, -0.1) is 0 Å². The van der Waals surface area contributed by atoms with E-state index in [1.54, 1.807) is 6.20 Å². The molecule has 7 heteroatoms. The lowest BCUT2D eigenvalue weighted by atomic mass is 9.95. The van der Waals surface area contributed by atoms with Gasteiger partial charge in [0, 0.05) is 25.5 Å². The Morgan fingerprint density at radius 1 is 1.13 bits per heavy atom. The van der Waals surface area contributed by atoms with E-state index >= 15 is 0 Å². The van der Waals surface area contributed by atoms with Crippen LogP contribution in [0.1, 0.15) is 40.3 Å². The Kier molecular flexibility index (Phi) is 4.18. The summed E-state index contributed by atoms with van der Waals surface area (Å²) in [6.07, 6.45) is 7.29. The summed E-state index contributed by atoms with van der Waals surface area (Å²) in [5.74, 6) is 0.687. The zero-order valence-corrected chi connectivity index (χ0v) is 13.6. The van der Waals surface area contributed by atoms with Crippen molar-refractivity contribution in [3.63, 3.8) is 0 Å². The first kappa shape index (κ1) is 15.3. The predicted molar refractivity (Wildman–Crippen MR) is 87.7 cm³/mol. The lowest BCUT2D eigenvalue weighted by Gasteiger charge is -2.17. The zero-order chi connectivity index (χ0) is 16.4. The fraction of sp³-hybridized carbons (Fsp3) is 0.438. The van der Waals surface area contributed by atoms with E-state index in [0.717, 1.165) is 30.7 Å². The van der Waals surface area contributed by atoms with Gasteiger partial charge >= 0.3 is 0 Å². The van der Waals surface area contributed by atoms with Gasteiger partial charge in [0.2, 0.25) is 5.95 Å². The fourth-order valence-corrected chi connectivity index (χ4v) is 2.67. The first-order valence-corrected chi connectivity index (χ1v) is 7.71. The van der Waals surface area contributed by atoms with Crippen LogP contribution in [0.3, 0.4) is 0 Å². The topological polar surface area (TPSA) is 83.9 Å². The first-order chi connectivity index (χ1) is 11.0. The number of carbonyl (C=O) groups is 1. The molecule has 0 aliphatic heterocycles.